The molecule has 0 aliphatic carbocycles. The number of thioether (sulfide) groups is 1. The van der Waals surface area contributed by atoms with Gasteiger partial charge in [-0.15, -0.1) is 0 Å². The summed E-state index contributed by atoms with van der Waals surface area (Å²) in [6.45, 7) is 0.344. The van der Waals surface area contributed by atoms with Crippen LogP contribution in [0.25, 0.3) is 0 Å². The third-order valence-corrected chi connectivity index (χ3v) is 5.28. The summed E-state index contributed by atoms with van der Waals surface area (Å²) < 4.78 is 39.1. The Hall–Kier alpha value is -1.37. The van der Waals surface area contributed by atoms with Gasteiger partial charge in [0.05, 0.1) is 4.90 Å². The second-order valence-corrected chi connectivity index (χ2v) is 7.26. The van der Waals surface area contributed by atoms with Crippen LogP contribution in [-0.2, 0) is 15.8 Å². The van der Waals surface area contributed by atoms with Gasteiger partial charge in [0.25, 0.3) is 0 Å². The lowest BCUT2D eigenvalue weighted by Crippen LogP contribution is -2.26. The first-order valence-corrected chi connectivity index (χ1v) is 9.08. The summed E-state index contributed by atoms with van der Waals surface area (Å²) in [6, 6.07) is 14.8. The van der Waals surface area contributed by atoms with Crippen molar-refractivity contribution >= 4 is 21.8 Å². The van der Waals surface area contributed by atoms with Crippen molar-refractivity contribution in [2.75, 3.05) is 12.3 Å². The zero-order valence-corrected chi connectivity index (χ0v) is 13.0. The molecule has 0 saturated carbocycles. The number of hydrogen-bond acceptors (Lipinski definition) is 3. The fourth-order valence-electron chi connectivity index (χ4n) is 1.71. The van der Waals surface area contributed by atoms with Gasteiger partial charge in [-0.3, -0.25) is 0 Å². The Morgan fingerprint density at radius 1 is 1.00 bits per heavy atom. The van der Waals surface area contributed by atoms with Gasteiger partial charge in [0.2, 0.25) is 10.0 Å². The SMILES string of the molecule is O=S(=O)(NCCSCc1ccccc1)c1ccc(F)cc1. The van der Waals surface area contributed by atoms with E-state index in [0.717, 1.165) is 17.9 Å². The molecule has 0 atom stereocenters. The summed E-state index contributed by atoms with van der Waals surface area (Å²) in [4.78, 5) is 0.0805. The van der Waals surface area contributed by atoms with Gasteiger partial charge in [-0.1, -0.05) is 30.3 Å². The van der Waals surface area contributed by atoms with Crippen LogP contribution in [0.5, 0.6) is 0 Å². The summed E-state index contributed by atoms with van der Waals surface area (Å²) in [7, 11) is -3.55. The van der Waals surface area contributed by atoms with Gasteiger partial charge in [0.1, 0.15) is 5.82 Å². The first-order valence-electron chi connectivity index (χ1n) is 6.45. The zero-order chi connectivity index (χ0) is 15.1. The lowest BCUT2D eigenvalue weighted by Gasteiger charge is -2.06. The number of nitrogens with one attached hydrogen (secondary N) is 1. The molecule has 21 heavy (non-hydrogen) atoms. The normalized spacial score (nSPS) is 11.5. The van der Waals surface area contributed by atoms with E-state index in [1.807, 2.05) is 30.3 Å². The summed E-state index contributed by atoms with van der Waals surface area (Å²) in [5, 5.41) is 0. The molecule has 0 saturated heterocycles. The van der Waals surface area contributed by atoms with E-state index in [1.54, 1.807) is 11.8 Å². The molecule has 0 bridgehead atoms. The number of rotatable bonds is 7. The van der Waals surface area contributed by atoms with E-state index in [9.17, 15) is 12.8 Å². The predicted molar refractivity (Wildman–Crippen MR) is 84.2 cm³/mol. The van der Waals surface area contributed by atoms with Gasteiger partial charge < -0.3 is 0 Å². The molecule has 0 heterocycles. The largest absolute Gasteiger partial charge is 0.240 e. The van der Waals surface area contributed by atoms with Crippen molar-refractivity contribution < 1.29 is 12.8 Å². The van der Waals surface area contributed by atoms with Crippen molar-refractivity contribution in [1.29, 1.82) is 0 Å². The molecular formula is C15H16FNO2S2. The lowest BCUT2D eigenvalue weighted by molar-refractivity contribution is 0.583. The molecular weight excluding hydrogens is 309 g/mol. The zero-order valence-electron chi connectivity index (χ0n) is 11.3. The van der Waals surface area contributed by atoms with Gasteiger partial charge in [-0.05, 0) is 29.8 Å². The molecule has 0 aliphatic rings. The average molecular weight is 325 g/mol. The monoisotopic (exact) mass is 325 g/mol. The van der Waals surface area contributed by atoms with Crippen LogP contribution >= 0.6 is 11.8 Å². The topological polar surface area (TPSA) is 46.2 Å². The van der Waals surface area contributed by atoms with Gasteiger partial charge in [0, 0.05) is 18.1 Å². The lowest BCUT2D eigenvalue weighted by atomic mass is 10.2. The molecule has 0 spiro atoms. The standard InChI is InChI=1S/C15H16FNO2S2/c16-14-6-8-15(9-7-14)21(18,19)17-10-11-20-12-13-4-2-1-3-5-13/h1-9,17H,10-12H2. The van der Waals surface area contributed by atoms with Crippen molar-refractivity contribution in [1.82, 2.24) is 4.72 Å². The van der Waals surface area contributed by atoms with Gasteiger partial charge >= 0.3 is 0 Å². The quantitative estimate of drug-likeness (QED) is 0.796. The number of halogens is 1. The molecule has 0 aromatic heterocycles. The average Bonchev–Trinajstić information content (AvgIpc) is 2.48. The molecule has 0 unspecified atom stereocenters. The Kier molecular flexibility index (Phi) is 5.78. The highest BCUT2D eigenvalue weighted by Gasteiger charge is 2.12. The van der Waals surface area contributed by atoms with E-state index in [4.69, 9.17) is 0 Å². The highest BCUT2D eigenvalue weighted by Crippen LogP contribution is 2.12. The van der Waals surface area contributed by atoms with Gasteiger partial charge in [0.15, 0.2) is 0 Å². The minimum atomic E-state index is -3.55. The minimum Gasteiger partial charge on any atom is -0.210 e. The first kappa shape index (κ1) is 16.0. The summed E-state index contributed by atoms with van der Waals surface area (Å²) in [5.41, 5.74) is 1.21. The van der Waals surface area contributed by atoms with Crippen LogP contribution in [-0.4, -0.2) is 20.7 Å². The van der Waals surface area contributed by atoms with Crippen LogP contribution in [0.3, 0.4) is 0 Å². The van der Waals surface area contributed by atoms with Gasteiger partial charge in [-0.25, -0.2) is 17.5 Å². The van der Waals surface area contributed by atoms with Crippen LogP contribution in [0.1, 0.15) is 5.56 Å². The smallest absolute Gasteiger partial charge is 0.210 e. The number of benzene rings is 2. The van der Waals surface area contributed by atoms with Crippen molar-refractivity contribution in [3.8, 4) is 0 Å². The van der Waals surface area contributed by atoms with Crippen LogP contribution in [0, 0.1) is 5.82 Å². The minimum absolute atomic E-state index is 0.0805. The summed E-state index contributed by atoms with van der Waals surface area (Å²) >= 11 is 1.66. The van der Waals surface area contributed by atoms with Crippen molar-refractivity contribution in [3.05, 3.63) is 66.0 Å². The van der Waals surface area contributed by atoms with E-state index in [2.05, 4.69) is 4.72 Å². The van der Waals surface area contributed by atoms with Crippen LogP contribution in [0.2, 0.25) is 0 Å². The highest BCUT2D eigenvalue weighted by molar-refractivity contribution is 7.98. The van der Waals surface area contributed by atoms with Crippen LogP contribution < -0.4 is 4.72 Å². The second-order valence-electron chi connectivity index (χ2n) is 4.39. The molecule has 0 amide bonds. The number of sulfonamides is 1. The molecule has 0 fully saturated rings. The van der Waals surface area contributed by atoms with Gasteiger partial charge in [-0.2, -0.15) is 11.8 Å². The summed E-state index contributed by atoms with van der Waals surface area (Å²) in [5.74, 6) is 1.07. The Labute approximate surface area is 128 Å². The third-order valence-electron chi connectivity index (χ3n) is 2.77. The van der Waals surface area contributed by atoms with E-state index in [-0.39, 0.29) is 4.90 Å². The molecule has 1 N–H and O–H groups in total. The fraction of sp³-hybridized carbons (Fsp3) is 0.200. The molecule has 2 rings (SSSR count). The van der Waals surface area contributed by atoms with E-state index in [0.29, 0.717) is 12.3 Å². The van der Waals surface area contributed by atoms with Crippen molar-refractivity contribution in [3.63, 3.8) is 0 Å². The summed E-state index contributed by atoms with van der Waals surface area (Å²) in [6.07, 6.45) is 0. The maximum absolute atomic E-state index is 12.8. The van der Waals surface area contributed by atoms with E-state index >= 15 is 0 Å². The molecule has 0 aliphatic heterocycles. The fourth-order valence-corrected chi connectivity index (χ4v) is 3.69. The molecule has 2 aromatic rings. The Morgan fingerprint density at radius 2 is 1.67 bits per heavy atom. The molecule has 0 radical (unpaired) electrons. The maximum atomic E-state index is 12.8. The van der Waals surface area contributed by atoms with E-state index in [1.165, 1.54) is 17.7 Å². The highest BCUT2D eigenvalue weighted by atomic mass is 32.2. The molecule has 2 aromatic carbocycles. The first-order chi connectivity index (χ1) is 10.1. The third kappa shape index (κ3) is 5.15. The Bertz CT molecular complexity index is 658. The van der Waals surface area contributed by atoms with Crippen molar-refractivity contribution in [2.24, 2.45) is 0 Å². The number of hydrogen-bond donors (Lipinski definition) is 1. The molecule has 112 valence electrons. The predicted octanol–water partition coefficient (Wildman–Crippen LogP) is 3.04. The Balaban J connectivity index is 1.76. The molecule has 3 nitrogen and oxygen atoms in total. The van der Waals surface area contributed by atoms with Crippen LogP contribution in [0.15, 0.2) is 59.5 Å². The maximum Gasteiger partial charge on any atom is 0.240 e. The van der Waals surface area contributed by atoms with E-state index < -0.39 is 15.8 Å². The second kappa shape index (κ2) is 7.59. The van der Waals surface area contributed by atoms with Crippen molar-refractivity contribution in [2.45, 2.75) is 10.6 Å². The Morgan fingerprint density at radius 3 is 2.33 bits per heavy atom. The van der Waals surface area contributed by atoms with Crippen LogP contribution in [0.4, 0.5) is 4.39 Å². The molecule has 6 heteroatoms.